The van der Waals surface area contributed by atoms with Gasteiger partial charge < -0.3 is 0 Å². The van der Waals surface area contributed by atoms with Crippen LogP contribution in [0, 0.1) is 0 Å². The molecule has 0 atom stereocenters. The van der Waals surface area contributed by atoms with Crippen LogP contribution in [0.5, 0.6) is 0 Å². The molecule has 9 aromatic rings. The summed E-state index contributed by atoms with van der Waals surface area (Å²) in [5.74, 6) is 0. The lowest BCUT2D eigenvalue weighted by Crippen LogP contribution is -2.50. The van der Waals surface area contributed by atoms with Crippen molar-refractivity contribution in [2.75, 3.05) is 0 Å². The van der Waals surface area contributed by atoms with E-state index in [1.54, 1.807) is 0 Å². The van der Waals surface area contributed by atoms with Crippen molar-refractivity contribution in [1.29, 1.82) is 0 Å². The second-order valence-corrected chi connectivity index (χ2v) is 17.6. The van der Waals surface area contributed by atoms with Crippen LogP contribution in [-0.4, -0.2) is 110 Å². The zero-order valence-electron chi connectivity index (χ0n) is 37.1. The van der Waals surface area contributed by atoms with Crippen LogP contribution in [0.2, 0.25) is 0 Å². The molecule has 0 bridgehead atoms. The summed E-state index contributed by atoms with van der Waals surface area (Å²) in [4.78, 5) is 0. The van der Waals surface area contributed by atoms with Gasteiger partial charge in [0.2, 0.25) is 0 Å². The van der Waals surface area contributed by atoms with E-state index in [4.69, 9.17) is 0 Å². The molecule has 0 nitrogen and oxygen atoms in total. The summed E-state index contributed by atoms with van der Waals surface area (Å²) in [6, 6.07) is 31.7. The number of fused-ring (bicyclic) bond motifs is 5. The quantitative estimate of drug-likeness (QED) is 0.126. The molecule has 0 saturated heterocycles. The molecule has 0 heterocycles. The lowest BCUT2D eigenvalue weighted by molar-refractivity contribution is 1.73. The first-order valence-corrected chi connectivity index (χ1v) is 21.1. The van der Waals surface area contributed by atoms with Crippen molar-refractivity contribution in [3.05, 3.63) is 84.9 Å². The molecule has 0 amide bonds. The molecule has 58 heavy (non-hydrogen) atoms. The highest BCUT2D eigenvalue weighted by molar-refractivity contribution is 6.73. The van der Waals surface area contributed by atoms with Crippen molar-refractivity contribution in [2.45, 2.75) is 0 Å². The van der Waals surface area contributed by atoms with E-state index in [9.17, 15) is 0 Å². The van der Waals surface area contributed by atoms with Gasteiger partial charge in [0.1, 0.15) is 110 Å². The average molecular weight is 722 g/mol. The molecule has 9 aromatic carbocycles. The fourth-order valence-corrected chi connectivity index (χ4v) is 11.0. The van der Waals surface area contributed by atoms with Gasteiger partial charge in [-0.15, -0.1) is 21.9 Å². The van der Waals surface area contributed by atoms with Crippen LogP contribution in [0.25, 0.3) is 87.2 Å². The van der Waals surface area contributed by atoms with Gasteiger partial charge in [-0.2, -0.15) is 0 Å². The summed E-state index contributed by atoms with van der Waals surface area (Å²) in [7, 11) is 33.2. The smallest absolute Gasteiger partial charge is 0.101 e. The lowest BCUT2D eigenvalue weighted by atomic mass is 9.57. The predicted octanol–water partition coefficient (Wildman–Crippen LogP) is -11.9. The Morgan fingerprint density at radius 2 is 0.517 bits per heavy atom. The second kappa shape index (κ2) is 13.9. The van der Waals surface area contributed by atoms with Gasteiger partial charge in [0.25, 0.3) is 0 Å². The third-order valence-corrected chi connectivity index (χ3v) is 15.1. The van der Waals surface area contributed by atoms with E-state index in [0.29, 0.717) is 0 Å². The second-order valence-electron chi connectivity index (χ2n) is 17.6. The van der Waals surface area contributed by atoms with Gasteiger partial charge in [-0.05, 0) is 99.4 Å². The van der Waals surface area contributed by atoms with Crippen LogP contribution >= 0.6 is 0 Å². The lowest BCUT2D eigenvalue weighted by Gasteiger charge is -2.31. The Morgan fingerprint density at radius 3 is 0.931 bits per heavy atom. The van der Waals surface area contributed by atoms with Crippen LogP contribution < -0.4 is 76.5 Å². The topological polar surface area (TPSA) is 0 Å². The maximum atomic E-state index is 2.44. The van der Waals surface area contributed by atoms with Crippen molar-refractivity contribution in [3.63, 3.8) is 0 Å². The maximum absolute atomic E-state index is 2.44. The summed E-state index contributed by atoms with van der Waals surface area (Å²) in [6.07, 6.45) is 0. The van der Waals surface area contributed by atoms with E-state index in [1.807, 2.05) is 0 Å². The monoisotopic (exact) mass is 724 g/mol. The molecule has 0 unspecified atom stereocenters. The van der Waals surface area contributed by atoms with Gasteiger partial charge in [-0.25, -0.2) is 0 Å². The van der Waals surface area contributed by atoms with Crippen molar-refractivity contribution < 1.29 is 0 Å². The molecule has 0 fully saturated rings. The minimum absolute atomic E-state index is 1.28. The largest absolute Gasteiger partial charge is 0.140 e. The van der Waals surface area contributed by atoms with Crippen LogP contribution in [0.15, 0.2) is 84.9 Å². The number of benzene rings is 9. The molecular formula is C44H42B14. The fraction of sp³-hybridized carbons (Fsp3) is 0. The van der Waals surface area contributed by atoms with Crippen molar-refractivity contribution >= 4 is 240 Å². The van der Waals surface area contributed by atoms with Gasteiger partial charge in [0, 0.05) is 0 Å². The molecular weight excluding hydrogens is 680 g/mol. The molecule has 14 heteroatoms. The molecule has 0 saturated carbocycles. The van der Waals surface area contributed by atoms with E-state index < -0.39 is 0 Å². The number of hydrogen-bond donors (Lipinski definition) is 0. The van der Waals surface area contributed by atoms with Gasteiger partial charge in [-0.1, -0.05) is 127 Å². The third-order valence-electron chi connectivity index (χ3n) is 15.1. The van der Waals surface area contributed by atoms with E-state index in [0.717, 1.165) is 0 Å². The summed E-state index contributed by atoms with van der Waals surface area (Å²) >= 11 is 0. The Kier molecular flexibility index (Phi) is 9.27. The Balaban J connectivity index is 1.50. The summed E-state index contributed by atoms with van der Waals surface area (Å²) in [6.45, 7) is 0. The molecule has 0 aromatic heterocycles. The number of hydrogen-bond acceptors (Lipinski definition) is 0. The molecule has 260 valence electrons. The van der Waals surface area contributed by atoms with E-state index in [-0.39, 0.29) is 0 Å². The Labute approximate surface area is 356 Å². The van der Waals surface area contributed by atoms with E-state index >= 15 is 0 Å². The highest BCUT2D eigenvalue weighted by atomic mass is 14.3. The zero-order valence-corrected chi connectivity index (χ0v) is 37.1. The van der Waals surface area contributed by atoms with Gasteiger partial charge in [0.15, 0.2) is 0 Å². The maximum Gasteiger partial charge on any atom is 0.140 e. The van der Waals surface area contributed by atoms with Crippen molar-refractivity contribution in [3.8, 4) is 33.4 Å². The minimum atomic E-state index is 1.28. The highest BCUT2D eigenvalue weighted by Gasteiger charge is 2.28. The van der Waals surface area contributed by atoms with Gasteiger partial charge in [0.05, 0.1) is 0 Å². The molecule has 0 N–H and O–H groups in total. The van der Waals surface area contributed by atoms with Crippen LogP contribution in [0.4, 0.5) is 0 Å². The zero-order chi connectivity index (χ0) is 41.2. The first-order chi connectivity index (χ1) is 27.6. The highest BCUT2D eigenvalue weighted by Crippen LogP contribution is 2.40. The van der Waals surface area contributed by atoms with Gasteiger partial charge >= 0.3 is 0 Å². The first-order valence-electron chi connectivity index (χ1n) is 21.1. The van der Waals surface area contributed by atoms with Crippen LogP contribution in [-0.2, 0) is 0 Å². The Hall–Kier alpha value is -4.81. The molecule has 0 spiro atoms. The minimum Gasteiger partial charge on any atom is -0.101 e. The third kappa shape index (κ3) is 5.35. The van der Waals surface area contributed by atoms with E-state index in [2.05, 4.69) is 195 Å². The summed E-state index contributed by atoms with van der Waals surface area (Å²) in [5, 5.41) is 13.6. The van der Waals surface area contributed by atoms with Crippen molar-refractivity contribution in [1.82, 2.24) is 0 Å². The SMILES string of the molecule is Bc1c(-c2c3c(B)c(B)c(B)c(B)c3c(-c3ccc4ccccc4c3)c3c(B)c(B)c(B)c(B)c23)c(B)c2c(B)c(B)c(-c3ccc4ccccc4c3)c(B)c2c1B. The summed E-state index contributed by atoms with van der Waals surface area (Å²) in [5.41, 5.74) is 27.6. The van der Waals surface area contributed by atoms with Crippen LogP contribution in [0.3, 0.4) is 0 Å². The molecule has 9 rings (SSSR count). The normalized spacial score (nSPS) is 11.7. The van der Waals surface area contributed by atoms with Gasteiger partial charge in [-0.3, -0.25) is 0 Å². The standard InChI is InChI=1S/C44H42B14/c45-31-22(20-12-10-16-6-2-4-8-18(16)14-20)33(47)39(53)30-29(31)40(54)38(52)28(32(30)46)23-26-24(34(48)41(55)43(57)36(26)50)21(19-11-9-15-5-1-3-7-17(15)13-19)25-27(23)37(51)44(58)42(56)35(25)49/h1-14H,45-58H2. The molecule has 0 radical (unpaired) electrons. The molecule has 0 aliphatic carbocycles. The fourth-order valence-electron chi connectivity index (χ4n) is 11.0. The van der Waals surface area contributed by atoms with E-state index in [1.165, 1.54) is 164 Å². The average Bonchev–Trinajstić information content (AvgIpc) is 3.23. The predicted molar refractivity (Wildman–Crippen MR) is 305 cm³/mol. The Morgan fingerprint density at radius 1 is 0.207 bits per heavy atom. The Bertz CT molecular complexity index is 3260. The molecule has 0 aliphatic heterocycles. The molecule has 0 aliphatic rings. The first kappa shape index (κ1) is 38.7. The van der Waals surface area contributed by atoms with Crippen LogP contribution in [0.1, 0.15) is 0 Å². The van der Waals surface area contributed by atoms with Crippen molar-refractivity contribution in [2.24, 2.45) is 0 Å². The summed E-state index contributed by atoms with van der Waals surface area (Å²) < 4.78 is 0. The number of rotatable bonds is 3.